The van der Waals surface area contributed by atoms with Crippen molar-refractivity contribution in [3.63, 3.8) is 0 Å². The number of nitrogens with one attached hydrogen (secondary N) is 1. The number of anilines is 2. The maximum absolute atomic E-state index is 12.4. The molecule has 1 aliphatic rings. The predicted octanol–water partition coefficient (Wildman–Crippen LogP) is 4.09. The normalized spacial score (nSPS) is 18.1. The molecule has 2 amide bonds. The minimum atomic E-state index is -0.598. The average Bonchev–Trinajstić information content (AvgIpc) is 2.77. The lowest BCUT2D eigenvalue weighted by molar-refractivity contribution is -0.116. The van der Waals surface area contributed by atoms with Gasteiger partial charge in [0.25, 0.3) is 11.1 Å². The first-order chi connectivity index (χ1) is 10.1. The topological polar surface area (TPSA) is 49.4 Å². The third-order valence-electron chi connectivity index (χ3n) is 3.00. The number of thioether (sulfide) groups is 1. The number of para-hydroxylation sites is 1. The lowest BCUT2D eigenvalue weighted by Gasteiger charge is -2.14. The van der Waals surface area contributed by atoms with Crippen molar-refractivity contribution < 1.29 is 9.59 Å². The van der Waals surface area contributed by atoms with Crippen molar-refractivity contribution in [1.29, 1.82) is 0 Å². The molecule has 6 heteroatoms. The van der Waals surface area contributed by atoms with Gasteiger partial charge in [0.1, 0.15) is 0 Å². The summed E-state index contributed by atoms with van der Waals surface area (Å²) in [5.74, 6) is -0.251. The van der Waals surface area contributed by atoms with Crippen LogP contribution in [0.25, 0.3) is 0 Å². The van der Waals surface area contributed by atoms with E-state index in [2.05, 4.69) is 21.2 Å². The summed E-state index contributed by atoms with van der Waals surface area (Å²) in [4.78, 5) is 25.7. The average molecular weight is 363 g/mol. The minimum absolute atomic E-state index is 0.251. The largest absolute Gasteiger partial charge is 0.365 e. The monoisotopic (exact) mass is 362 g/mol. The smallest absolute Gasteiger partial charge is 0.295 e. The molecule has 0 saturated carbocycles. The van der Waals surface area contributed by atoms with Crippen molar-refractivity contribution in [3.05, 3.63) is 59.1 Å². The first kappa shape index (κ1) is 14.2. The van der Waals surface area contributed by atoms with Crippen LogP contribution in [0.4, 0.5) is 16.2 Å². The number of amides is 2. The van der Waals surface area contributed by atoms with Crippen LogP contribution >= 0.6 is 27.7 Å². The van der Waals surface area contributed by atoms with Gasteiger partial charge in [0.2, 0.25) is 0 Å². The van der Waals surface area contributed by atoms with Crippen molar-refractivity contribution in [1.82, 2.24) is 0 Å². The van der Waals surface area contributed by atoms with Crippen LogP contribution in [-0.2, 0) is 4.79 Å². The van der Waals surface area contributed by atoms with Gasteiger partial charge in [0, 0.05) is 10.2 Å². The maximum atomic E-state index is 12.4. The highest BCUT2D eigenvalue weighted by molar-refractivity contribution is 9.10. The van der Waals surface area contributed by atoms with E-state index in [-0.39, 0.29) is 11.1 Å². The Kier molecular flexibility index (Phi) is 3.98. The van der Waals surface area contributed by atoms with Crippen molar-refractivity contribution in [2.24, 2.45) is 0 Å². The van der Waals surface area contributed by atoms with Gasteiger partial charge in [0.05, 0.1) is 5.69 Å². The number of benzene rings is 2. The maximum Gasteiger partial charge on any atom is 0.295 e. The van der Waals surface area contributed by atoms with E-state index in [0.29, 0.717) is 5.69 Å². The Bertz CT molecular complexity index is 676. The molecule has 106 valence electrons. The summed E-state index contributed by atoms with van der Waals surface area (Å²) in [7, 11) is 0. The van der Waals surface area contributed by atoms with Gasteiger partial charge in [-0.2, -0.15) is 0 Å². The summed E-state index contributed by atoms with van der Waals surface area (Å²) in [6.07, 6.45) is 0. The quantitative estimate of drug-likeness (QED) is 0.893. The highest BCUT2D eigenvalue weighted by atomic mass is 79.9. The standard InChI is InChI=1S/C15H11BrN2O2S/c16-10-6-8-11(9-7-10)17-13-14(19)18(15(20)21-13)12-4-2-1-3-5-12/h1-9,13,17H. The molecule has 3 rings (SSSR count). The molecule has 0 bridgehead atoms. The second-order valence-corrected chi connectivity index (χ2v) is 6.40. The number of rotatable bonds is 3. The van der Waals surface area contributed by atoms with Gasteiger partial charge in [-0.3, -0.25) is 9.59 Å². The summed E-state index contributed by atoms with van der Waals surface area (Å²) in [6, 6.07) is 16.4. The van der Waals surface area contributed by atoms with Crippen LogP contribution in [0.2, 0.25) is 0 Å². The Morgan fingerprint density at radius 2 is 1.67 bits per heavy atom. The molecule has 0 spiro atoms. The van der Waals surface area contributed by atoms with Gasteiger partial charge >= 0.3 is 0 Å². The number of halogens is 1. The van der Waals surface area contributed by atoms with Gasteiger partial charge in [-0.1, -0.05) is 34.1 Å². The Labute approximate surface area is 134 Å². The molecule has 1 aliphatic heterocycles. The Morgan fingerprint density at radius 1 is 1.00 bits per heavy atom. The van der Waals surface area contributed by atoms with Crippen molar-refractivity contribution in [2.45, 2.75) is 5.37 Å². The highest BCUT2D eigenvalue weighted by Gasteiger charge is 2.40. The zero-order valence-corrected chi connectivity index (χ0v) is 13.2. The molecule has 21 heavy (non-hydrogen) atoms. The number of imide groups is 1. The van der Waals surface area contributed by atoms with E-state index < -0.39 is 5.37 Å². The van der Waals surface area contributed by atoms with E-state index >= 15 is 0 Å². The molecular weight excluding hydrogens is 352 g/mol. The van der Waals surface area contributed by atoms with E-state index in [4.69, 9.17) is 0 Å². The Balaban J connectivity index is 1.79. The summed E-state index contributed by atoms with van der Waals surface area (Å²) >= 11 is 4.35. The van der Waals surface area contributed by atoms with Crippen LogP contribution in [0.15, 0.2) is 59.1 Å². The van der Waals surface area contributed by atoms with Gasteiger partial charge < -0.3 is 5.32 Å². The van der Waals surface area contributed by atoms with Crippen molar-refractivity contribution in [3.8, 4) is 0 Å². The summed E-state index contributed by atoms with van der Waals surface area (Å²) < 4.78 is 0.959. The SMILES string of the molecule is O=C1SC(Nc2ccc(Br)cc2)C(=O)N1c1ccccc1. The van der Waals surface area contributed by atoms with Gasteiger partial charge in [-0.25, -0.2) is 4.90 Å². The predicted molar refractivity (Wildman–Crippen MR) is 88.5 cm³/mol. The molecule has 4 nitrogen and oxygen atoms in total. The lowest BCUT2D eigenvalue weighted by Crippen LogP contribution is -2.34. The fraction of sp³-hybridized carbons (Fsp3) is 0.0667. The molecule has 1 heterocycles. The van der Waals surface area contributed by atoms with Crippen LogP contribution in [-0.4, -0.2) is 16.5 Å². The third-order valence-corrected chi connectivity index (χ3v) is 4.47. The van der Waals surface area contributed by atoms with E-state index in [1.807, 2.05) is 30.3 Å². The van der Waals surface area contributed by atoms with E-state index in [1.165, 1.54) is 4.90 Å². The van der Waals surface area contributed by atoms with Gasteiger partial charge in [-0.15, -0.1) is 0 Å². The minimum Gasteiger partial charge on any atom is -0.365 e. The summed E-state index contributed by atoms with van der Waals surface area (Å²) in [5, 5.41) is 2.22. The molecule has 0 aliphatic carbocycles. The second kappa shape index (κ2) is 5.91. The Morgan fingerprint density at radius 3 is 2.33 bits per heavy atom. The van der Waals surface area contributed by atoms with Crippen LogP contribution in [0.5, 0.6) is 0 Å². The second-order valence-electron chi connectivity index (χ2n) is 4.42. The molecule has 0 radical (unpaired) electrons. The Hall–Kier alpha value is -1.79. The van der Waals surface area contributed by atoms with E-state index in [1.54, 1.807) is 24.3 Å². The van der Waals surface area contributed by atoms with Gasteiger partial charge in [0.15, 0.2) is 5.37 Å². The van der Waals surface area contributed by atoms with Crippen LogP contribution in [0.1, 0.15) is 0 Å². The number of carbonyl (C=O) groups is 2. The van der Waals surface area contributed by atoms with Crippen LogP contribution < -0.4 is 10.2 Å². The molecule has 1 atom stereocenters. The zero-order valence-electron chi connectivity index (χ0n) is 10.8. The van der Waals surface area contributed by atoms with Crippen molar-refractivity contribution >= 4 is 50.2 Å². The first-order valence-corrected chi connectivity index (χ1v) is 7.94. The highest BCUT2D eigenvalue weighted by Crippen LogP contribution is 2.32. The van der Waals surface area contributed by atoms with E-state index in [9.17, 15) is 9.59 Å². The number of hydrogen-bond donors (Lipinski definition) is 1. The van der Waals surface area contributed by atoms with Crippen LogP contribution in [0.3, 0.4) is 0 Å². The number of hydrogen-bond acceptors (Lipinski definition) is 4. The van der Waals surface area contributed by atoms with Crippen LogP contribution in [0, 0.1) is 0 Å². The summed E-state index contributed by atoms with van der Waals surface area (Å²) in [6.45, 7) is 0. The summed E-state index contributed by atoms with van der Waals surface area (Å²) in [5.41, 5.74) is 1.40. The molecule has 1 N–H and O–H groups in total. The van der Waals surface area contributed by atoms with Gasteiger partial charge in [-0.05, 0) is 48.2 Å². The third kappa shape index (κ3) is 2.96. The lowest BCUT2D eigenvalue weighted by atomic mass is 10.3. The molecule has 1 unspecified atom stereocenters. The first-order valence-electron chi connectivity index (χ1n) is 6.27. The van der Waals surface area contributed by atoms with E-state index in [0.717, 1.165) is 21.9 Å². The fourth-order valence-corrected chi connectivity index (χ4v) is 3.18. The molecule has 1 fully saturated rings. The molecule has 0 aromatic heterocycles. The number of carbonyl (C=O) groups excluding carboxylic acids is 2. The molecular formula is C15H11BrN2O2S. The van der Waals surface area contributed by atoms with Crippen molar-refractivity contribution in [2.75, 3.05) is 10.2 Å². The molecule has 1 saturated heterocycles. The molecule has 2 aromatic carbocycles. The molecule has 2 aromatic rings. The zero-order chi connectivity index (χ0) is 14.8. The number of nitrogens with zero attached hydrogens (tertiary/aromatic N) is 1. The fourth-order valence-electron chi connectivity index (χ4n) is 2.01.